The van der Waals surface area contributed by atoms with Gasteiger partial charge in [0.15, 0.2) is 11.5 Å². The number of carbonyl (C=O) groups excluding carboxylic acids is 1. The Hall–Kier alpha value is -2.57. The summed E-state index contributed by atoms with van der Waals surface area (Å²) in [5.74, 6) is 1.03. The first-order valence-corrected chi connectivity index (χ1v) is 11.7. The van der Waals surface area contributed by atoms with Crippen LogP contribution < -0.4 is 10.9 Å². The number of nitrogens with zero attached hydrogens (tertiary/aromatic N) is 3. The van der Waals surface area contributed by atoms with Crippen molar-refractivity contribution in [1.29, 1.82) is 0 Å². The van der Waals surface area contributed by atoms with Gasteiger partial charge in [-0.15, -0.1) is 0 Å². The lowest BCUT2D eigenvalue weighted by Crippen LogP contribution is -2.29. The van der Waals surface area contributed by atoms with Crippen molar-refractivity contribution in [3.05, 3.63) is 39.1 Å². The summed E-state index contributed by atoms with van der Waals surface area (Å²) in [4.78, 5) is 26.2. The Labute approximate surface area is 183 Å². The summed E-state index contributed by atoms with van der Waals surface area (Å²) in [6.07, 6.45) is 12.0. The van der Waals surface area contributed by atoms with Gasteiger partial charge in [0.25, 0.3) is 11.5 Å². The highest BCUT2D eigenvalue weighted by molar-refractivity contribution is 6.04. The average molecular weight is 427 g/mol. The second kappa shape index (κ2) is 8.89. The molecule has 0 aromatic carbocycles. The summed E-state index contributed by atoms with van der Waals surface area (Å²) >= 11 is 0. The molecule has 0 spiro atoms. The monoisotopic (exact) mass is 426 g/mol. The van der Waals surface area contributed by atoms with Gasteiger partial charge in [0, 0.05) is 12.6 Å². The second-order valence-electron chi connectivity index (χ2n) is 9.14. The normalized spacial score (nSPS) is 20.0. The van der Waals surface area contributed by atoms with Gasteiger partial charge in [0.05, 0.1) is 11.7 Å². The maximum absolute atomic E-state index is 13.1. The van der Waals surface area contributed by atoms with Gasteiger partial charge in [-0.2, -0.15) is 0 Å². The zero-order valence-corrected chi connectivity index (χ0v) is 19.2. The molecule has 7 heteroatoms. The Morgan fingerprint density at radius 3 is 2.61 bits per heavy atom. The predicted molar refractivity (Wildman–Crippen MR) is 121 cm³/mol. The van der Waals surface area contributed by atoms with Crippen molar-refractivity contribution in [3.63, 3.8) is 0 Å². The molecule has 0 radical (unpaired) electrons. The van der Waals surface area contributed by atoms with Crippen LogP contribution in [0, 0.1) is 19.8 Å². The summed E-state index contributed by atoms with van der Waals surface area (Å²) < 4.78 is 9.27. The predicted octanol–water partition coefficient (Wildman–Crippen LogP) is 5.14. The summed E-state index contributed by atoms with van der Waals surface area (Å²) in [6, 6.07) is 0.196. The molecule has 4 rings (SSSR count). The molecular formula is C24H34N4O3. The lowest BCUT2D eigenvalue weighted by atomic mass is 9.86. The van der Waals surface area contributed by atoms with Gasteiger partial charge in [-0.1, -0.05) is 43.8 Å². The molecule has 0 saturated heterocycles. The van der Waals surface area contributed by atoms with Crippen LogP contribution in [0.2, 0.25) is 0 Å². The van der Waals surface area contributed by atoms with Crippen molar-refractivity contribution >= 4 is 17.2 Å². The van der Waals surface area contributed by atoms with Crippen molar-refractivity contribution < 1.29 is 9.32 Å². The molecule has 31 heavy (non-hydrogen) atoms. The van der Waals surface area contributed by atoms with Crippen LogP contribution in [0.15, 0.2) is 15.4 Å². The third kappa shape index (κ3) is 4.02. The molecule has 168 valence electrons. The number of allylic oxidation sites excluding steroid dienone is 2. The Morgan fingerprint density at radius 2 is 1.97 bits per heavy atom. The summed E-state index contributed by atoms with van der Waals surface area (Å²) in [5.41, 5.74) is 3.07. The van der Waals surface area contributed by atoms with E-state index in [1.54, 1.807) is 0 Å². The highest BCUT2D eigenvalue weighted by Crippen LogP contribution is 2.34. The standard InChI is InChI=1S/C24H34N4O3/c1-5-17-11-13-18(14-12-17)22-15(2)20(26-31-22)23(29)25-21-16(3)27(4)28(24(21)30)19-9-7-6-8-10-19/h13,17,19H,5-12,14H2,1-4H3,(H,25,29). The minimum Gasteiger partial charge on any atom is -0.356 e. The van der Waals surface area contributed by atoms with Gasteiger partial charge in [-0.3, -0.25) is 14.3 Å². The molecule has 2 aliphatic rings. The molecule has 7 nitrogen and oxygen atoms in total. The molecule has 1 N–H and O–H groups in total. The van der Waals surface area contributed by atoms with Gasteiger partial charge in [-0.25, -0.2) is 4.68 Å². The fraction of sp³-hybridized carbons (Fsp3) is 0.625. The van der Waals surface area contributed by atoms with Crippen LogP contribution >= 0.6 is 0 Å². The van der Waals surface area contributed by atoms with E-state index in [1.165, 1.54) is 12.8 Å². The van der Waals surface area contributed by atoms with Crippen molar-refractivity contribution in [1.82, 2.24) is 14.5 Å². The third-order valence-electron chi connectivity index (χ3n) is 7.28. The zero-order valence-electron chi connectivity index (χ0n) is 19.2. The fourth-order valence-electron chi connectivity index (χ4n) is 5.09. The van der Waals surface area contributed by atoms with E-state index >= 15 is 0 Å². The Balaban J connectivity index is 1.56. The number of carbonyl (C=O) groups is 1. The van der Waals surface area contributed by atoms with E-state index in [2.05, 4.69) is 23.5 Å². The van der Waals surface area contributed by atoms with Gasteiger partial charge < -0.3 is 9.84 Å². The first kappa shape index (κ1) is 21.7. The Kier molecular flexibility index (Phi) is 6.21. The molecule has 0 bridgehead atoms. The molecule has 1 fully saturated rings. The molecule has 1 atom stereocenters. The molecule has 2 aromatic heterocycles. The van der Waals surface area contributed by atoms with Crippen LogP contribution in [0.5, 0.6) is 0 Å². The minimum atomic E-state index is -0.392. The maximum atomic E-state index is 13.1. The number of nitrogens with one attached hydrogen (secondary N) is 1. The number of amides is 1. The summed E-state index contributed by atoms with van der Waals surface area (Å²) in [5, 5.41) is 6.89. The smallest absolute Gasteiger partial charge is 0.291 e. The number of rotatable bonds is 5. The first-order chi connectivity index (χ1) is 14.9. The minimum absolute atomic E-state index is 0.137. The van der Waals surface area contributed by atoms with Gasteiger partial charge >= 0.3 is 0 Å². The fourth-order valence-corrected chi connectivity index (χ4v) is 5.09. The van der Waals surface area contributed by atoms with Crippen LogP contribution in [-0.2, 0) is 7.05 Å². The molecule has 1 unspecified atom stereocenters. The van der Waals surface area contributed by atoms with Gasteiger partial charge in [0.2, 0.25) is 0 Å². The number of hydrogen-bond donors (Lipinski definition) is 1. The number of aromatic nitrogens is 3. The molecular weight excluding hydrogens is 392 g/mol. The topological polar surface area (TPSA) is 82.1 Å². The summed E-state index contributed by atoms with van der Waals surface area (Å²) in [6.45, 7) is 5.96. The quantitative estimate of drug-likeness (QED) is 0.717. The van der Waals surface area contributed by atoms with E-state index in [-0.39, 0.29) is 17.3 Å². The lowest BCUT2D eigenvalue weighted by Gasteiger charge is -2.24. The van der Waals surface area contributed by atoms with E-state index in [1.807, 2.05) is 30.3 Å². The molecule has 2 aromatic rings. The van der Waals surface area contributed by atoms with Crippen LogP contribution in [0.3, 0.4) is 0 Å². The molecule has 2 heterocycles. The van der Waals surface area contributed by atoms with Crippen LogP contribution in [0.1, 0.15) is 98.3 Å². The lowest BCUT2D eigenvalue weighted by molar-refractivity contribution is 0.101. The molecule has 1 saturated carbocycles. The second-order valence-corrected chi connectivity index (χ2v) is 9.14. The van der Waals surface area contributed by atoms with Crippen LogP contribution in [0.4, 0.5) is 5.69 Å². The SMILES string of the molecule is CCC1CC=C(c2onc(C(=O)Nc3c(C)n(C)n(C4CCCCC4)c3=O)c2C)CC1. The third-order valence-corrected chi connectivity index (χ3v) is 7.28. The largest absolute Gasteiger partial charge is 0.356 e. The van der Waals surface area contributed by atoms with E-state index in [9.17, 15) is 9.59 Å². The zero-order chi connectivity index (χ0) is 22.1. The molecule has 2 aliphatic carbocycles. The average Bonchev–Trinajstić information content (AvgIpc) is 3.27. The van der Waals surface area contributed by atoms with Gasteiger partial charge in [-0.05, 0) is 57.4 Å². The van der Waals surface area contributed by atoms with Gasteiger partial charge in [0.1, 0.15) is 5.69 Å². The first-order valence-electron chi connectivity index (χ1n) is 11.7. The van der Waals surface area contributed by atoms with E-state index in [4.69, 9.17) is 4.52 Å². The van der Waals surface area contributed by atoms with E-state index in [0.717, 1.165) is 67.7 Å². The van der Waals surface area contributed by atoms with Crippen molar-refractivity contribution in [2.45, 2.75) is 84.6 Å². The highest BCUT2D eigenvalue weighted by atomic mass is 16.5. The molecule has 0 aliphatic heterocycles. The Morgan fingerprint density at radius 1 is 1.23 bits per heavy atom. The van der Waals surface area contributed by atoms with Crippen LogP contribution in [0.25, 0.3) is 5.57 Å². The van der Waals surface area contributed by atoms with Crippen molar-refractivity contribution in [2.75, 3.05) is 5.32 Å². The number of anilines is 1. The van der Waals surface area contributed by atoms with Crippen molar-refractivity contribution in [2.24, 2.45) is 13.0 Å². The highest BCUT2D eigenvalue weighted by Gasteiger charge is 2.27. The van der Waals surface area contributed by atoms with Crippen LogP contribution in [-0.4, -0.2) is 20.4 Å². The summed E-state index contributed by atoms with van der Waals surface area (Å²) in [7, 11) is 1.89. The number of hydrogen-bond acceptors (Lipinski definition) is 4. The van der Waals surface area contributed by atoms with Crippen molar-refractivity contribution in [3.8, 4) is 0 Å². The molecule has 1 amide bonds. The van der Waals surface area contributed by atoms with E-state index < -0.39 is 5.91 Å². The maximum Gasteiger partial charge on any atom is 0.291 e. The van der Waals surface area contributed by atoms with E-state index in [0.29, 0.717) is 11.4 Å². The Bertz CT molecular complexity index is 1050.